The summed E-state index contributed by atoms with van der Waals surface area (Å²) in [5, 5.41) is 21.0. The molecule has 0 heterocycles. The maximum atomic E-state index is 12.2. The molecule has 0 spiro atoms. The summed E-state index contributed by atoms with van der Waals surface area (Å²) < 4.78 is 5.90. The number of benzene rings is 2. The van der Waals surface area contributed by atoms with Gasteiger partial charge in [0.05, 0.1) is 11.3 Å². The molecule has 21 heavy (non-hydrogen) atoms. The van der Waals surface area contributed by atoms with Crippen LogP contribution in [0.4, 0.5) is 5.69 Å². The molecule has 2 N–H and O–H groups in total. The molecule has 0 aliphatic rings. The molecule has 0 radical (unpaired) electrons. The minimum Gasteiger partial charge on any atom is -0.507 e. The molecule has 0 aliphatic carbocycles. The van der Waals surface area contributed by atoms with Gasteiger partial charge >= 0.3 is 0 Å². The van der Waals surface area contributed by atoms with Crippen molar-refractivity contribution in [2.75, 3.05) is 11.9 Å². The molecule has 2 aromatic carbocycles. The third-order valence-electron chi connectivity index (χ3n) is 2.63. The number of nitriles is 1. The summed E-state index contributed by atoms with van der Waals surface area (Å²) in [5.74, 6) is -0.200. The number of halogens is 1. The predicted octanol–water partition coefficient (Wildman–Crippen LogP) is 3.31. The molecule has 0 unspecified atom stereocenters. The van der Waals surface area contributed by atoms with E-state index < -0.39 is 5.91 Å². The van der Waals surface area contributed by atoms with Gasteiger partial charge in [-0.25, -0.2) is 0 Å². The van der Waals surface area contributed by atoms with E-state index in [1.165, 1.54) is 12.1 Å². The van der Waals surface area contributed by atoms with Crippen molar-refractivity contribution in [1.29, 1.82) is 5.26 Å². The van der Waals surface area contributed by atoms with Crippen molar-refractivity contribution in [2.24, 2.45) is 0 Å². The molecule has 6 heteroatoms. The van der Waals surface area contributed by atoms with Crippen molar-refractivity contribution in [2.45, 2.75) is 0 Å². The van der Waals surface area contributed by atoms with Crippen LogP contribution in [0.5, 0.6) is 11.5 Å². The van der Waals surface area contributed by atoms with E-state index in [0.717, 1.165) is 0 Å². The Kier molecular flexibility index (Phi) is 4.80. The molecule has 106 valence electrons. The first-order valence-electron chi connectivity index (χ1n) is 6.00. The molecule has 0 bridgehead atoms. The van der Waals surface area contributed by atoms with E-state index in [4.69, 9.17) is 10.00 Å². The van der Waals surface area contributed by atoms with Crippen molar-refractivity contribution in [3.05, 3.63) is 52.5 Å². The molecule has 2 aromatic rings. The highest BCUT2D eigenvalue weighted by Gasteiger charge is 2.13. The van der Waals surface area contributed by atoms with E-state index >= 15 is 0 Å². The maximum Gasteiger partial charge on any atom is 0.259 e. The zero-order valence-electron chi connectivity index (χ0n) is 10.8. The second-order valence-corrected chi connectivity index (χ2v) is 4.97. The second-order valence-electron chi connectivity index (χ2n) is 4.06. The Labute approximate surface area is 129 Å². The zero-order chi connectivity index (χ0) is 15.2. The maximum absolute atomic E-state index is 12.2. The van der Waals surface area contributed by atoms with E-state index in [0.29, 0.717) is 15.9 Å². The van der Waals surface area contributed by atoms with Gasteiger partial charge in [0.1, 0.15) is 17.6 Å². The number of phenols is 1. The third kappa shape index (κ3) is 3.74. The Morgan fingerprint density at radius 2 is 2.10 bits per heavy atom. The van der Waals surface area contributed by atoms with Crippen LogP contribution in [0.2, 0.25) is 0 Å². The number of para-hydroxylation sites is 2. The number of hydrogen-bond donors (Lipinski definition) is 2. The number of amides is 1. The summed E-state index contributed by atoms with van der Waals surface area (Å²) in [6.07, 6.45) is 0. The van der Waals surface area contributed by atoms with E-state index in [1.807, 2.05) is 6.07 Å². The van der Waals surface area contributed by atoms with Crippen LogP contribution in [0.3, 0.4) is 0 Å². The first-order valence-corrected chi connectivity index (χ1v) is 6.80. The Morgan fingerprint density at radius 3 is 2.81 bits per heavy atom. The van der Waals surface area contributed by atoms with Gasteiger partial charge in [-0.1, -0.05) is 28.1 Å². The summed E-state index contributed by atoms with van der Waals surface area (Å²) in [4.78, 5) is 12.2. The first-order chi connectivity index (χ1) is 10.1. The van der Waals surface area contributed by atoms with Gasteiger partial charge in [0, 0.05) is 4.47 Å². The molecule has 0 saturated carbocycles. The number of anilines is 1. The minimum absolute atomic E-state index is 0.115. The number of nitrogens with one attached hydrogen (secondary N) is 1. The Morgan fingerprint density at radius 1 is 1.33 bits per heavy atom. The Balaban J connectivity index is 2.22. The number of hydrogen-bond acceptors (Lipinski definition) is 4. The molecule has 0 atom stereocenters. The third-order valence-corrected chi connectivity index (χ3v) is 3.13. The fourth-order valence-corrected chi connectivity index (χ4v) is 2.04. The standard InChI is InChI=1S/C15H11BrN2O3/c16-10-5-6-11(13(19)9-10)15(20)18-12-3-1-2-4-14(12)21-8-7-17/h1-6,9,19H,8H2,(H,18,20). The van der Waals surface area contributed by atoms with E-state index in [1.54, 1.807) is 30.3 Å². The van der Waals surface area contributed by atoms with E-state index in [9.17, 15) is 9.90 Å². The molecule has 5 nitrogen and oxygen atoms in total. The lowest BCUT2D eigenvalue weighted by Crippen LogP contribution is -2.13. The Bertz CT molecular complexity index is 710. The van der Waals surface area contributed by atoms with Crippen molar-refractivity contribution in [3.63, 3.8) is 0 Å². The number of aromatic hydroxyl groups is 1. The summed E-state index contributed by atoms with van der Waals surface area (Å²) in [6, 6.07) is 13.2. The summed E-state index contributed by atoms with van der Waals surface area (Å²) in [5.41, 5.74) is 0.577. The van der Waals surface area contributed by atoms with Crippen molar-refractivity contribution >= 4 is 27.5 Å². The van der Waals surface area contributed by atoms with Crippen LogP contribution in [0, 0.1) is 11.3 Å². The van der Waals surface area contributed by atoms with Gasteiger partial charge in [-0.3, -0.25) is 4.79 Å². The van der Waals surface area contributed by atoms with Gasteiger partial charge in [-0.05, 0) is 30.3 Å². The van der Waals surface area contributed by atoms with Crippen LogP contribution < -0.4 is 10.1 Å². The molecule has 2 rings (SSSR count). The first kappa shape index (κ1) is 14.9. The predicted molar refractivity (Wildman–Crippen MR) is 81.3 cm³/mol. The fourth-order valence-electron chi connectivity index (χ4n) is 1.69. The number of rotatable bonds is 4. The lowest BCUT2D eigenvalue weighted by molar-refractivity contribution is 0.102. The van der Waals surface area contributed by atoms with Crippen LogP contribution in [-0.4, -0.2) is 17.6 Å². The second kappa shape index (κ2) is 6.77. The lowest BCUT2D eigenvalue weighted by Gasteiger charge is -2.11. The normalized spacial score (nSPS) is 9.71. The molecular weight excluding hydrogens is 336 g/mol. The summed E-state index contributed by atoms with van der Waals surface area (Å²) in [6.45, 7) is -0.115. The van der Waals surface area contributed by atoms with Crippen molar-refractivity contribution in [1.82, 2.24) is 0 Å². The van der Waals surface area contributed by atoms with Gasteiger partial charge in [0.25, 0.3) is 5.91 Å². The van der Waals surface area contributed by atoms with Gasteiger partial charge in [-0.15, -0.1) is 0 Å². The number of nitrogens with zero attached hydrogens (tertiary/aromatic N) is 1. The van der Waals surface area contributed by atoms with Gasteiger partial charge in [0.15, 0.2) is 6.61 Å². The zero-order valence-corrected chi connectivity index (χ0v) is 12.4. The molecule has 0 saturated heterocycles. The largest absolute Gasteiger partial charge is 0.507 e. The molecule has 0 aliphatic heterocycles. The summed E-state index contributed by atoms with van der Waals surface area (Å²) in [7, 11) is 0. The lowest BCUT2D eigenvalue weighted by atomic mass is 10.2. The van der Waals surface area contributed by atoms with Crippen LogP contribution in [0.1, 0.15) is 10.4 Å². The monoisotopic (exact) mass is 346 g/mol. The highest BCUT2D eigenvalue weighted by molar-refractivity contribution is 9.10. The highest BCUT2D eigenvalue weighted by atomic mass is 79.9. The van der Waals surface area contributed by atoms with Gasteiger partial charge in [-0.2, -0.15) is 5.26 Å². The topological polar surface area (TPSA) is 82.3 Å². The Hall–Kier alpha value is -2.52. The average molecular weight is 347 g/mol. The van der Waals surface area contributed by atoms with Crippen molar-refractivity contribution in [3.8, 4) is 17.6 Å². The number of carbonyl (C=O) groups excluding carboxylic acids is 1. The molecular formula is C15H11BrN2O3. The van der Waals surface area contributed by atoms with Crippen molar-refractivity contribution < 1.29 is 14.6 Å². The van der Waals surface area contributed by atoms with Gasteiger partial charge < -0.3 is 15.2 Å². The van der Waals surface area contributed by atoms with E-state index in [-0.39, 0.29) is 17.9 Å². The van der Waals surface area contributed by atoms with Crippen LogP contribution in [0.15, 0.2) is 46.9 Å². The number of ether oxygens (including phenoxy) is 1. The van der Waals surface area contributed by atoms with Crippen LogP contribution in [0.25, 0.3) is 0 Å². The molecule has 0 aromatic heterocycles. The SMILES string of the molecule is N#CCOc1ccccc1NC(=O)c1ccc(Br)cc1O. The van der Waals surface area contributed by atoms with Crippen LogP contribution >= 0.6 is 15.9 Å². The highest BCUT2D eigenvalue weighted by Crippen LogP contribution is 2.27. The summed E-state index contributed by atoms with van der Waals surface area (Å²) >= 11 is 3.21. The van der Waals surface area contributed by atoms with E-state index in [2.05, 4.69) is 21.2 Å². The van der Waals surface area contributed by atoms with Gasteiger partial charge in [0.2, 0.25) is 0 Å². The smallest absolute Gasteiger partial charge is 0.259 e. The molecule has 0 fully saturated rings. The average Bonchev–Trinajstić information content (AvgIpc) is 2.46. The fraction of sp³-hybridized carbons (Fsp3) is 0.0667. The quantitative estimate of drug-likeness (QED) is 0.889. The van der Waals surface area contributed by atoms with Crippen LogP contribution in [-0.2, 0) is 0 Å². The number of carbonyl (C=O) groups is 1. The molecule has 1 amide bonds. The number of phenolic OH excluding ortho intramolecular Hbond substituents is 1. The minimum atomic E-state index is -0.465.